The number of phenolic OH excluding ortho intramolecular Hbond substituents is 1. The van der Waals surface area contributed by atoms with Gasteiger partial charge in [0.2, 0.25) is 0 Å². The third kappa shape index (κ3) is 2.59. The molecule has 88 valence electrons. The van der Waals surface area contributed by atoms with Crippen LogP contribution in [0.3, 0.4) is 0 Å². The van der Waals surface area contributed by atoms with Gasteiger partial charge in [-0.3, -0.25) is 0 Å². The third-order valence-corrected chi connectivity index (χ3v) is 2.82. The van der Waals surface area contributed by atoms with E-state index in [2.05, 4.69) is 0 Å². The Morgan fingerprint density at radius 1 is 1.00 bits per heavy atom. The van der Waals surface area contributed by atoms with Crippen molar-refractivity contribution in [3.8, 4) is 11.5 Å². The van der Waals surface area contributed by atoms with Gasteiger partial charge in [-0.05, 0) is 31.0 Å². The van der Waals surface area contributed by atoms with Crippen LogP contribution in [-0.4, -0.2) is 5.11 Å². The molecule has 0 aliphatic rings. The molecule has 2 aromatic rings. The van der Waals surface area contributed by atoms with Gasteiger partial charge in [0.1, 0.15) is 18.1 Å². The number of hydrogen-bond acceptors (Lipinski definition) is 2. The first kappa shape index (κ1) is 11.5. The van der Waals surface area contributed by atoms with E-state index >= 15 is 0 Å². The van der Waals surface area contributed by atoms with Gasteiger partial charge in [0, 0.05) is 5.56 Å². The van der Waals surface area contributed by atoms with Crippen LogP contribution in [0.15, 0.2) is 42.5 Å². The zero-order chi connectivity index (χ0) is 12.3. The second kappa shape index (κ2) is 4.91. The van der Waals surface area contributed by atoms with E-state index in [9.17, 15) is 5.11 Å². The van der Waals surface area contributed by atoms with E-state index in [-0.39, 0.29) is 0 Å². The molecule has 0 saturated carbocycles. The van der Waals surface area contributed by atoms with Crippen molar-refractivity contribution >= 4 is 0 Å². The zero-order valence-corrected chi connectivity index (χ0v) is 10.1. The minimum atomic E-state index is 0.315. The van der Waals surface area contributed by atoms with Gasteiger partial charge in [-0.2, -0.15) is 0 Å². The van der Waals surface area contributed by atoms with Crippen LogP contribution in [0.4, 0.5) is 0 Å². The highest BCUT2D eigenvalue weighted by molar-refractivity contribution is 5.47. The average Bonchev–Trinajstić information content (AvgIpc) is 2.36. The lowest BCUT2D eigenvalue weighted by atomic mass is 10.1. The van der Waals surface area contributed by atoms with Gasteiger partial charge in [0.05, 0.1) is 0 Å². The van der Waals surface area contributed by atoms with Crippen molar-refractivity contribution in [3.63, 3.8) is 0 Å². The molecule has 0 unspecified atom stereocenters. The number of benzene rings is 2. The molecule has 0 spiro atoms. The topological polar surface area (TPSA) is 29.5 Å². The van der Waals surface area contributed by atoms with E-state index in [4.69, 9.17) is 4.74 Å². The Bertz CT molecular complexity index is 504. The van der Waals surface area contributed by atoms with Crippen LogP contribution in [0.1, 0.15) is 16.7 Å². The number of rotatable bonds is 3. The average molecular weight is 228 g/mol. The van der Waals surface area contributed by atoms with Crippen LogP contribution < -0.4 is 4.74 Å². The van der Waals surface area contributed by atoms with Crippen molar-refractivity contribution in [3.05, 3.63) is 59.2 Å². The minimum absolute atomic E-state index is 0.315. The lowest BCUT2D eigenvalue weighted by Crippen LogP contribution is -1.97. The van der Waals surface area contributed by atoms with E-state index in [0.717, 1.165) is 22.4 Å². The number of phenols is 1. The molecule has 2 nitrogen and oxygen atoms in total. The third-order valence-electron chi connectivity index (χ3n) is 2.82. The fourth-order valence-corrected chi connectivity index (χ4v) is 1.71. The first-order valence-corrected chi connectivity index (χ1v) is 5.64. The van der Waals surface area contributed by atoms with Gasteiger partial charge in [-0.25, -0.2) is 0 Å². The molecule has 2 aromatic carbocycles. The number of aromatic hydroxyl groups is 1. The molecule has 0 fully saturated rings. The molecular formula is C15H16O2. The van der Waals surface area contributed by atoms with E-state index in [1.54, 1.807) is 0 Å². The first-order chi connectivity index (χ1) is 8.18. The van der Waals surface area contributed by atoms with Crippen molar-refractivity contribution in [2.45, 2.75) is 20.5 Å². The van der Waals surface area contributed by atoms with Crippen molar-refractivity contribution in [1.29, 1.82) is 0 Å². The summed E-state index contributed by atoms with van der Waals surface area (Å²) in [5, 5.41) is 9.80. The molecule has 0 aliphatic carbocycles. The maximum Gasteiger partial charge on any atom is 0.126 e. The van der Waals surface area contributed by atoms with E-state index in [1.165, 1.54) is 0 Å². The summed E-state index contributed by atoms with van der Waals surface area (Å²) in [5.74, 6) is 1.05. The Hall–Kier alpha value is -1.96. The highest BCUT2D eigenvalue weighted by atomic mass is 16.5. The Balaban J connectivity index is 2.13. The molecule has 0 aromatic heterocycles. The molecule has 2 heteroatoms. The van der Waals surface area contributed by atoms with E-state index in [1.807, 2.05) is 56.3 Å². The number of aryl methyl sites for hydroxylation is 1. The largest absolute Gasteiger partial charge is 0.507 e. The summed E-state index contributed by atoms with van der Waals surface area (Å²) >= 11 is 0. The molecule has 0 aliphatic heterocycles. The van der Waals surface area contributed by atoms with E-state index < -0.39 is 0 Å². The van der Waals surface area contributed by atoms with Gasteiger partial charge < -0.3 is 9.84 Å². The van der Waals surface area contributed by atoms with Crippen LogP contribution >= 0.6 is 0 Å². The molecule has 0 bridgehead atoms. The first-order valence-electron chi connectivity index (χ1n) is 5.64. The second-order valence-electron chi connectivity index (χ2n) is 4.13. The summed E-state index contributed by atoms with van der Waals surface area (Å²) in [6, 6.07) is 13.7. The maximum absolute atomic E-state index is 9.80. The summed E-state index contributed by atoms with van der Waals surface area (Å²) < 4.78 is 5.70. The molecule has 0 amide bonds. The lowest BCUT2D eigenvalue weighted by molar-refractivity contribution is 0.301. The summed E-state index contributed by atoms with van der Waals surface area (Å²) in [4.78, 5) is 0. The van der Waals surface area contributed by atoms with Gasteiger partial charge >= 0.3 is 0 Å². The molecule has 0 heterocycles. The zero-order valence-electron chi connectivity index (χ0n) is 10.1. The smallest absolute Gasteiger partial charge is 0.126 e. The molecular weight excluding hydrogens is 212 g/mol. The van der Waals surface area contributed by atoms with Gasteiger partial charge in [-0.15, -0.1) is 0 Å². The van der Waals surface area contributed by atoms with Gasteiger partial charge in [0.15, 0.2) is 0 Å². The van der Waals surface area contributed by atoms with Gasteiger partial charge in [-0.1, -0.05) is 36.4 Å². The summed E-state index contributed by atoms with van der Waals surface area (Å²) in [5.41, 5.74) is 2.78. The Morgan fingerprint density at radius 2 is 1.71 bits per heavy atom. The molecule has 0 atom stereocenters. The second-order valence-corrected chi connectivity index (χ2v) is 4.13. The van der Waals surface area contributed by atoms with Crippen molar-refractivity contribution in [1.82, 2.24) is 0 Å². The monoisotopic (exact) mass is 228 g/mol. The molecule has 0 saturated heterocycles. The van der Waals surface area contributed by atoms with Crippen molar-refractivity contribution in [2.24, 2.45) is 0 Å². The van der Waals surface area contributed by atoms with Gasteiger partial charge in [0.25, 0.3) is 0 Å². The predicted molar refractivity (Wildman–Crippen MR) is 68.4 cm³/mol. The Labute approximate surface area is 101 Å². The van der Waals surface area contributed by atoms with Crippen LogP contribution in [0.25, 0.3) is 0 Å². The molecule has 0 radical (unpaired) electrons. The fourth-order valence-electron chi connectivity index (χ4n) is 1.71. The summed E-state index contributed by atoms with van der Waals surface area (Å²) in [7, 11) is 0. The normalized spacial score (nSPS) is 10.2. The van der Waals surface area contributed by atoms with Crippen LogP contribution in [0, 0.1) is 13.8 Å². The summed E-state index contributed by atoms with van der Waals surface area (Å²) in [6.45, 7) is 4.26. The lowest BCUT2D eigenvalue weighted by Gasteiger charge is -2.11. The minimum Gasteiger partial charge on any atom is -0.507 e. The predicted octanol–water partition coefficient (Wildman–Crippen LogP) is 3.59. The van der Waals surface area contributed by atoms with E-state index in [0.29, 0.717) is 12.4 Å². The van der Waals surface area contributed by atoms with Crippen LogP contribution in [0.5, 0.6) is 11.5 Å². The van der Waals surface area contributed by atoms with Crippen LogP contribution in [0.2, 0.25) is 0 Å². The quantitative estimate of drug-likeness (QED) is 0.870. The Morgan fingerprint density at radius 3 is 2.41 bits per heavy atom. The number of hydrogen-bond donors (Lipinski definition) is 1. The standard InChI is InChI=1S/C15H16O2/c1-11-8-9-14(12(2)15(11)16)17-10-13-6-4-3-5-7-13/h3-9,16H,10H2,1-2H3. The van der Waals surface area contributed by atoms with Crippen molar-refractivity contribution < 1.29 is 9.84 Å². The maximum atomic E-state index is 9.80. The summed E-state index contributed by atoms with van der Waals surface area (Å²) in [6.07, 6.45) is 0. The highest BCUT2D eigenvalue weighted by Gasteiger charge is 2.06. The molecule has 17 heavy (non-hydrogen) atoms. The SMILES string of the molecule is Cc1ccc(OCc2ccccc2)c(C)c1O. The fraction of sp³-hybridized carbons (Fsp3) is 0.200. The van der Waals surface area contributed by atoms with Crippen LogP contribution in [-0.2, 0) is 6.61 Å². The van der Waals surface area contributed by atoms with Crippen molar-refractivity contribution in [2.75, 3.05) is 0 Å². The number of ether oxygens (including phenoxy) is 1. The Kier molecular flexibility index (Phi) is 3.33. The highest BCUT2D eigenvalue weighted by Crippen LogP contribution is 2.30. The molecule has 1 N–H and O–H groups in total. The molecule has 2 rings (SSSR count).